The number of ether oxygens (including phenoxy) is 2. The second kappa shape index (κ2) is 12.7. The van der Waals surface area contributed by atoms with Gasteiger partial charge in [0, 0.05) is 22.5 Å². The van der Waals surface area contributed by atoms with Gasteiger partial charge in [0.25, 0.3) is 0 Å². The quantitative estimate of drug-likeness (QED) is 0.126. The fraction of sp³-hybridized carbons (Fsp3) is 0.214. The Hall–Kier alpha value is -3.25. The minimum Gasteiger partial charge on any atom is -0.493 e. The molecule has 0 aliphatic heterocycles. The van der Waals surface area contributed by atoms with Crippen molar-refractivity contribution in [1.82, 2.24) is 4.68 Å². The third-order valence-electron chi connectivity index (χ3n) is 5.69. The predicted octanol–water partition coefficient (Wildman–Crippen LogP) is 5.80. The third-order valence-corrected chi connectivity index (χ3v) is 8.45. The molecule has 8 nitrogen and oxygen atoms in total. The van der Waals surface area contributed by atoms with Crippen LogP contribution in [0.25, 0.3) is 11.3 Å². The Morgan fingerprint density at radius 2 is 1.77 bits per heavy atom. The summed E-state index contributed by atoms with van der Waals surface area (Å²) in [5.41, 5.74) is 3.98. The van der Waals surface area contributed by atoms with Gasteiger partial charge in [-0.2, -0.15) is 13.5 Å². The maximum Gasteiger partial charge on any atom is 0.339 e. The van der Waals surface area contributed by atoms with Crippen LogP contribution in [0.1, 0.15) is 16.7 Å². The highest BCUT2D eigenvalue weighted by atomic mass is 79.9. The van der Waals surface area contributed by atoms with Gasteiger partial charge in [-0.25, -0.2) is 4.68 Å². The Morgan fingerprint density at radius 1 is 1.00 bits per heavy atom. The van der Waals surface area contributed by atoms with E-state index in [0.717, 1.165) is 21.3 Å². The third kappa shape index (κ3) is 7.04. The zero-order valence-electron chi connectivity index (χ0n) is 21.9. The fourth-order valence-corrected chi connectivity index (χ4v) is 6.05. The second-order valence-corrected chi connectivity index (χ2v) is 11.8. The molecule has 1 aromatic heterocycles. The molecule has 0 bridgehead atoms. The van der Waals surface area contributed by atoms with Crippen LogP contribution < -0.4 is 13.7 Å². The van der Waals surface area contributed by atoms with Crippen molar-refractivity contribution >= 4 is 43.6 Å². The van der Waals surface area contributed by atoms with E-state index in [9.17, 15) is 8.42 Å². The van der Waals surface area contributed by atoms with E-state index >= 15 is 0 Å². The molecule has 1 heterocycles. The maximum atomic E-state index is 13.0. The highest BCUT2D eigenvalue weighted by Crippen LogP contribution is 2.31. The molecular weight excluding hydrogens is 602 g/mol. The molecule has 204 valence electrons. The van der Waals surface area contributed by atoms with E-state index in [2.05, 4.69) is 20.9 Å². The Balaban J connectivity index is 1.67. The van der Waals surface area contributed by atoms with Gasteiger partial charge in [-0.1, -0.05) is 40.2 Å². The van der Waals surface area contributed by atoms with Gasteiger partial charge >= 0.3 is 10.1 Å². The lowest BCUT2D eigenvalue weighted by Crippen LogP contribution is -2.14. The van der Waals surface area contributed by atoms with Crippen LogP contribution in [0.4, 0.5) is 0 Å². The fourth-order valence-electron chi connectivity index (χ4n) is 3.67. The molecule has 0 saturated carbocycles. The minimum absolute atomic E-state index is 0.0875. The van der Waals surface area contributed by atoms with E-state index in [1.807, 2.05) is 42.6 Å². The first kappa shape index (κ1) is 28.8. The van der Waals surface area contributed by atoms with Crippen LogP contribution in [0.2, 0.25) is 0 Å². The topological polar surface area (TPSA) is 91.5 Å². The molecule has 0 N–H and O–H groups in total. The first-order valence-electron chi connectivity index (χ1n) is 11.9. The van der Waals surface area contributed by atoms with Crippen molar-refractivity contribution in [3.8, 4) is 22.8 Å². The second-order valence-electron chi connectivity index (χ2n) is 8.56. The van der Waals surface area contributed by atoms with Gasteiger partial charge in [-0.05, 0) is 66.9 Å². The largest absolute Gasteiger partial charge is 0.493 e. The van der Waals surface area contributed by atoms with Crippen molar-refractivity contribution in [1.29, 1.82) is 0 Å². The molecule has 39 heavy (non-hydrogen) atoms. The van der Waals surface area contributed by atoms with Gasteiger partial charge in [0.2, 0.25) is 4.80 Å². The predicted molar refractivity (Wildman–Crippen MR) is 157 cm³/mol. The number of benzene rings is 3. The number of thiazole rings is 1. The lowest BCUT2D eigenvalue weighted by atomic mass is 10.2. The number of nitrogens with zero attached hydrogens (tertiary/aromatic N) is 3. The van der Waals surface area contributed by atoms with Gasteiger partial charge in [0.05, 0.1) is 32.2 Å². The van der Waals surface area contributed by atoms with Gasteiger partial charge in [0.1, 0.15) is 4.90 Å². The summed E-state index contributed by atoms with van der Waals surface area (Å²) >= 11 is 4.96. The Kier molecular flexibility index (Phi) is 9.39. The first-order chi connectivity index (χ1) is 18.7. The average molecular weight is 631 g/mol. The van der Waals surface area contributed by atoms with Crippen LogP contribution in [0.15, 0.2) is 85.5 Å². The van der Waals surface area contributed by atoms with Crippen LogP contribution in [-0.2, 0) is 14.9 Å². The van der Waals surface area contributed by atoms with Crippen molar-refractivity contribution < 1.29 is 22.1 Å². The maximum absolute atomic E-state index is 13.0. The van der Waals surface area contributed by atoms with Gasteiger partial charge < -0.3 is 13.7 Å². The summed E-state index contributed by atoms with van der Waals surface area (Å²) in [4.78, 5) is 5.46. The van der Waals surface area contributed by atoms with Crippen molar-refractivity contribution in [3.05, 3.63) is 92.0 Å². The highest BCUT2D eigenvalue weighted by molar-refractivity contribution is 9.10. The van der Waals surface area contributed by atoms with Gasteiger partial charge in [-0.3, -0.25) is 4.99 Å². The molecule has 0 atom stereocenters. The summed E-state index contributed by atoms with van der Waals surface area (Å²) in [5, 5.41) is 6.71. The molecule has 0 radical (unpaired) electrons. The van der Waals surface area contributed by atoms with Crippen LogP contribution in [0.5, 0.6) is 11.5 Å². The van der Waals surface area contributed by atoms with E-state index in [-0.39, 0.29) is 16.4 Å². The van der Waals surface area contributed by atoms with Gasteiger partial charge in [0.15, 0.2) is 11.5 Å². The van der Waals surface area contributed by atoms with E-state index in [4.69, 9.17) is 18.8 Å². The lowest BCUT2D eigenvalue weighted by Gasteiger charge is -2.13. The van der Waals surface area contributed by atoms with E-state index < -0.39 is 10.1 Å². The molecular formula is C28H28BrN3O5S2. The van der Waals surface area contributed by atoms with Crippen molar-refractivity contribution in [2.45, 2.75) is 18.7 Å². The molecule has 0 spiro atoms. The molecule has 3 aromatic carbocycles. The Labute approximate surface area is 240 Å². The standard InChI is InChI=1S/C28H28BrN3O5S2/c1-19-5-6-20(2)27(15-19)39(33,34)37-25-12-7-21(16-26(25)36-4)17-31-32-24(22-8-10-23(29)11-9-22)18-38-28(32)30-13-14-35-3/h5-12,15-18H,13-14H2,1-4H3/b30-28?,31-17-. The monoisotopic (exact) mass is 629 g/mol. The number of halogens is 1. The number of hydrogen-bond donors (Lipinski definition) is 0. The molecule has 0 aliphatic carbocycles. The Morgan fingerprint density at radius 3 is 2.49 bits per heavy atom. The van der Waals surface area contributed by atoms with Crippen LogP contribution in [0.3, 0.4) is 0 Å². The van der Waals surface area contributed by atoms with Crippen molar-refractivity contribution in [2.24, 2.45) is 10.1 Å². The summed E-state index contributed by atoms with van der Waals surface area (Å²) in [6.07, 6.45) is 1.66. The summed E-state index contributed by atoms with van der Waals surface area (Å²) in [6, 6.07) is 18.1. The number of hydrogen-bond acceptors (Lipinski definition) is 8. The Bertz CT molecular complexity index is 1660. The van der Waals surface area contributed by atoms with E-state index in [1.165, 1.54) is 18.4 Å². The molecule has 11 heteroatoms. The summed E-state index contributed by atoms with van der Waals surface area (Å²) in [6.45, 7) is 4.56. The molecule has 0 saturated heterocycles. The molecule has 0 amide bonds. The van der Waals surface area contributed by atoms with Gasteiger partial charge in [-0.15, -0.1) is 11.3 Å². The zero-order valence-corrected chi connectivity index (χ0v) is 25.1. The molecule has 4 aromatic rings. The SMILES string of the molecule is COCCN=c1scc(-c2ccc(Br)cc2)n1/N=C\c1ccc(OS(=O)(=O)c2cc(C)ccc2C)c(OC)c1. The first-order valence-corrected chi connectivity index (χ1v) is 15.0. The van der Waals surface area contributed by atoms with Crippen LogP contribution in [-0.4, -0.2) is 46.7 Å². The number of aryl methyl sites for hydroxylation is 2. The summed E-state index contributed by atoms with van der Waals surface area (Å²) in [7, 11) is -0.964. The zero-order chi connectivity index (χ0) is 28.0. The van der Waals surface area contributed by atoms with Crippen LogP contribution >= 0.6 is 27.3 Å². The molecule has 4 rings (SSSR count). The number of aromatic nitrogens is 1. The minimum atomic E-state index is -4.06. The van der Waals surface area contributed by atoms with E-state index in [0.29, 0.717) is 29.1 Å². The molecule has 0 fully saturated rings. The normalized spacial score (nSPS) is 12.3. The molecule has 0 aliphatic rings. The average Bonchev–Trinajstić information content (AvgIpc) is 3.32. The number of methoxy groups -OCH3 is 2. The summed E-state index contributed by atoms with van der Waals surface area (Å²) < 4.78 is 44.9. The van der Waals surface area contributed by atoms with E-state index in [1.54, 1.807) is 55.3 Å². The summed E-state index contributed by atoms with van der Waals surface area (Å²) in [5.74, 6) is 0.353. The lowest BCUT2D eigenvalue weighted by molar-refractivity contribution is 0.207. The van der Waals surface area contributed by atoms with Crippen LogP contribution in [0, 0.1) is 13.8 Å². The van der Waals surface area contributed by atoms with Crippen molar-refractivity contribution in [2.75, 3.05) is 27.4 Å². The molecule has 0 unspecified atom stereocenters. The smallest absolute Gasteiger partial charge is 0.339 e. The number of rotatable bonds is 10. The van der Waals surface area contributed by atoms with Crippen molar-refractivity contribution in [3.63, 3.8) is 0 Å². The highest BCUT2D eigenvalue weighted by Gasteiger charge is 2.21.